The van der Waals surface area contributed by atoms with Crippen LogP contribution in [0.1, 0.15) is 31.2 Å². The number of likely N-dealkylation sites (tertiary alicyclic amines) is 1. The lowest BCUT2D eigenvalue weighted by Gasteiger charge is -2.34. The molecule has 134 valence electrons. The number of benzene rings is 1. The summed E-state index contributed by atoms with van der Waals surface area (Å²) in [6.45, 7) is 3.13. The lowest BCUT2D eigenvalue weighted by Crippen LogP contribution is -2.42. The van der Waals surface area contributed by atoms with Crippen molar-refractivity contribution in [3.05, 3.63) is 23.8 Å². The Morgan fingerprint density at radius 1 is 1.20 bits per heavy atom. The van der Waals surface area contributed by atoms with Crippen LogP contribution in [0.25, 0.3) is 0 Å². The van der Waals surface area contributed by atoms with Crippen molar-refractivity contribution in [2.24, 2.45) is 5.92 Å². The van der Waals surface area contributed by atoms with Gasteiger partial charge in [-0.05, 0) is 55.8 Å². The van der Waals surface area contributed by atoms with E-state index in [1.165, 1.54) is 5.56 Å². The molecule has 1 aromatic rings. The number of nitrogens with zero attached hydrogens (tertiary/aromatic N) is 1. The zero-order chi connectivity index (χ0) is 16.8. The number of rotatable bonds is 4. The SMILES string of the molecule is O=C(NC1CC1)[C@@H]1C[C@H]2CCN(Cc3ccc4c(c3)OCO4)C[C@H]2O1. The number of piperidine rings is 1. The van der Waals surface area contributed by atoms with E-state index in [0.717, 1.165) is 56.8 Å². The second kappa shape index (κ2) is 6.18. The average Bonchev–Trinajstić information content (AvgIpc) is 3.14. The molecule has 3 fully saturated rings. The number of nitrogens with one attached hydrogen (secondary N) is 1. The Morgan fingerprint density at radius 2 is 2.08 bits per heavy atom. The fraction of sp³-hybridized carbons (Fsp3) is 0.632. The molecule has 1 aromatic carbocycles. The van der Waals surface area contributed by atoms with Gasteiger partial charge in [-0.25, -0.2) is 0 Å². The van der Waals surface area contributed by atoms with E-state index >= 15 is 0 Å². The molecule has 0 radical (unpaired) electrons. The van der Waals surface area contributed by atoms with Gasteiger partial charge in [0.25, 0.3) is 0 Å². The molecule has 0 aromatic heterocycles. The van der Waals surface area contributed by atoms with Crippen molar-refractivity contribution in [3.63, 3.8) is 0 Å². The molecule has 3 aliphatic heterocycles. The van der Waals surface area contributed by atoms with E-state index in [2.05, 4.69) is 22.3 Å². The van der Waals surface area contributed by atoms with Crippen molar-refractivity contribution in [2.75, 3.05) is 19.9 Å². The summed E-state index contributed by atoms with van der Waals surface area (Å²) in [6.07, 6.45) is 4.14. The predicted octanol–water partition coefficient (Wildman–Crippen LogP) is 1.67. The summed E-state index contributed by atoms with van der Waals surface area (Å²) < 4.78 is 16.9. The van der Waals surface area contributed by atoms with Crippen LogP contribution in [0.15, 0.2) is 18.2 Å². The molecule has 4 aliphatic rings. The highest BCUT2D eigenvalue weighted by Gasteiger charge is 2.42. The number of ether oxygens (including phenoxy) is 3. The van der Waals surface area contributed by atoms with Gasteiger partial charge in [-0.3, -0.25) is 9.69 Å². The van der Waals surface area contributed by atoms with E-state index in [1.54, 1.807) is 0 Å². The number of carbonyl (C=O) groups is 1. The van der Waals surface area contributed by atoms with Gasteiger partial charge in [-0.15, -0.1) is 0 Å². The third-order valence-corrected chi connectivity index (χ3v) is 5.70. The maximum atomic E-state index is 12.2. The highest BCUT2D eigenvalue weighted by molar-refractivity contribution is 5.81. The molecule has 3 heterocycles. The number of carbonyl (C=O) groups excluding carboxylic acids is 1. The molecular formula is C19H24N2O4. The largest absolute Gasteiger partial charge is 0.454 e. The van der Waals surface area contributed by atoms with Crippen LogP contribution in [0.2, 0.25) is 0 Å². The van der Waals surface area contributed by atoms with E-state index in [-0.39, 0.29) is 18.1 Å². The van der Waals surface area contributed by atoms with Gasteiger partial charge in [0, 0.05) is 19.1 Å². The number of hydrogen-bond donors (Lipinski definition) is 1. The van der Waals surface area contributed by atoms with E-state index < -0.39 is 0 Å². The third-order valence-electron chi connectivity index (χ3n) is 5.70. The fourth-order valence-corrected chi connectivity index (χ4v) is 4.13. The molecule has 3 atom stereocenters. The first-order valence-electron chi connectivity index (χ1n) is 9.31. The Kier molecular flexibility index (Phi) is 3.82. The Labute approximate surface area is 147 Å². The Morgan fingerprint density at radius 3 is 2.96 bits per heavy atom. The lowest BCUT2D eigenvalue weighted by atomic mass is 9.91. The summed E-state index contributed by atoms with van der Waals surface area (Å²) in [5.41, 5.74) is 1.23. The summed E-state index contributed by atoms with van der Waals surface area (Å²) in [5, 5.41) is 3.08. The molecule has 6 heteroatoms. The van der Waals surface area contributed by atoms with Crippen LogP contribution in [0.5, 0.6) is 11.5 Å². The van der Waals surface area contributed by atoms with Gasteiger partial charge >= 0.3 is 0 Å². The molecule has 5 rings (SSSR count). The van der Waals surface area contributed by atoms with Gasteiger partial charge in [0.2, 0.25) is 12.7 Å². The van der Waals surface area contributed by atoms with Crippen LogP contribution in [-0.4, -0.2) is 48.9 Å². The quantitative estimate of drug-likeness (QED) is 0.900. The zero-order valence-electron chi connectivity index (χ0n) is 14.3. The van der Waals surface area contributed by atoms with E-state index in [1.807, 2.05) is 6.07 Å². The average molecular weight is 344 g/mol. The fourth-order valence-electron chi connectivity index (χ4n) is 4.13. The summed E-state index contributed by atoms with van der Waals surface area (Å²) in [7, 11) is 0. The minimum absolute atomic E-state index is 0.0965. The van der Waals surface area contributed by atoms with Crippen molar-refractivity contribution >= 4 is 5.91 Å². The topological polar surface area (TPSA) is 60.0 Å². The van der Waals surface area contributed by atoms with Crippen molar-refractivity contribution in [2.45, 2.75) is 50.5 Å². The van der Waals surface area contributed by atoms with Crippen molar-refractivity contribution < 1.29 is 19.0 Å². The Bertz CT molecular complexity index is 675. The standard InChI is InChI=1S/C19H24N2O4/c22-19(20-14-2-3-14)17-8-13-5-6-21(10-18(13)25-17)9-12-1-4-15-16(7-12)24-11-23-15/h1,4,7,13-14,17-18H,2-3,5-6,8-11H2,(H,20,22)/t13-,17+,18-/m1/s1. The van der Waals surface area contributed by atoms with Crippen LogP contribution in [0.3, 0.4) is 0 Å². The van der Waals surface area contributed by atoms with E-state index in [0.29, 0.717) is 18.8 Å². The highest BCUT2D eigenvalue weighted by atomic mass is 16.7. The van der Waals surface area contributed by atoms with Gasteiger partial charge in [0.05, 0.1) is 6.10 Å². The molecule has 0 unspecified atom stereocenters. The van der Waals surface area contributed by atoms with E-state index in [9.17, 15) is 4.79 Å². The molecule has 0 spiro atoms. The summed E-state index contributed by atoms with van der Waals surface area (Å²) >= 11 is 0. The second-order valence-corrected chi connectivity index (χ2v) is 7.65. The first kappa shape index (κ1) is 15.5. The van der Waals surface area contributed by atoms with Crippen LogP contribution in [0, 0.1) is 5.92 Å². The van der Waals surface area contributed by atoms with Crippen LogP contribution in [-0.2, 0) is 16.1 Å². The normalized spacial score (nSPS) is 31.0. The number of fused-ring (bicyclic) bond motifs is 2. The zero-order valence-corrected chi connectivity index (χ0v) is 14.3. The monoisotopic (exact) mass is 344 g/mol. The van der Waals surface area contributed by atoms with Gasteiger partial charge in [0.15, 0.2) is 11.5 Å². The predicted molar refractivity (Wildman–Crippen MR) is 90.4 cm³/mol. The number of amides is 1. The summed E-state index contributed by atoms with van der Waals surface area (Å²) in [4.78, 5) is 14.7. The van der Waals surface area contributed by atoms with Crippen molar-refractivity contribution in [1.82, 2.24) is 10.2 Å². The van der Waals surface area contributed by atoms with Crippen molar-refractivity contribution in [3.8, 4) is 11.5 Å². The second-order valence-electron chi connectivity index (χ2n) is 7.65. The third kappa shape index (κ3) is 3.20. The number of hydrogen-bond acceptors (Lipinski definition) is 5. The molecule has 0 bridgehead atoms. The van der Waals surface area contributed by atoms with Crippen molar-refractivity contribution in [1.29, 1.82) is 0 Å². The molecule has 1 amide bonds. The molecule has 1 saturated carbocycles. The lowest BCUT2D eigenvalue weighted by molar-refractivity contribution is -0.133. The maximum absolute atomic E-state index is 12.2. The van der Waals surface area contributed by atoms with Gasteiger partial charge in [-0.1, -0.05) is 6.07 Å². The van der Waals surface area contributed by atoms with Crippen LogP contribution < -0.4 is 14.8 Å². The smallest absolute Gasteiger partial charge is 0.249 e. The minimum atomic E-state index is -0.249. The summed E-state index contributed by atoms with van der Waals surface area (Å²) in [5.74, 6) is 2.27. The van der Waals surface area contributed by atoms with Crippen LogP contribution >= 0.6 is 0 Å². The van der Waals surface area contributed by atoms with E-state index in [4.69, 9.17) is 14.2 Å². The molecule has 2 saturated heterocycles. The highest BCUT2D eigenvalue weighted by Crippen LogP contribution is 2.36. The molecule has 1 N–H and O–H groups in total. The van der Waals surface area contributed by atoms with Gasteiger partial charge in [0.1, 0.15) is 6.10 Å². The Hall–Kier alpha value is -1.79. The molecule has 25 heavy (non-hydrogen) atoms. The van der Waals surface area contributed by atoms with Gasteiger partial charge < -0.3 is 19.5 Å². The first-order valence-corrected chi connectivity index (χ1v) is 9.31. The van der Waals surface area contributed by atoms with Gasteiger partial charge in [-0.2, -0.15) is 0 Å². The Balaban J connectivity index is 1.18. The maximum Gasteiger partial charge on any atom is 0.249 e. The molecular weight excluding hydrogens is 320 g/mol. The molecule has 6 nitrogen and oxygen atoms in total. The summed E-state index contributed by atoms with van der Waals surface area (Å²) in [6, 6.07) is 6.55. The molecule has 1 aliphatic carbocycles. The minimum Gasteiger partial charge on any atom is -0.454 e. The van der Waals surface area contributed by atoms with Crippen LogP contribution in [0.4, 0.5) is 0 Å². The first-order chi connectivity index (χ1) is 12.2.